The largest absolute Gasteiger partial charge is 0.452 e. The van der Waals surface area contributed by atoms with Crippen molar-refractivity contribution in [2.24, 2.45) is 0 Å². The van der Waals surface area contributed by atoms with E-state index in [1.54, 1.807) is 30.5 Å². The SMILES string of the molecule is Cc1ccc(S(=O)(=O)N2CCN(C(=O)COC(=O)/C=C/c3cccc4cccnc34)CC2)cc1C. The maximum atomic E-state index is 13.0. The number of hydrogen-bond donors (Lipinski definition) is 0. The van der Waals surface area contributed by atoms with Gasteiger partial charge in [-0.05, 0) is 49.2 Å². The summed E-state index contributed by atoms with van der Waals surface area (Å²) in [5.74, 6) is -0.996. The first-order chi connectivity index (χ1) is 16.8. The van der Waals surface area contributed by atoms with E-state index in [4.69, 9.17) is 4.74 Å². The van der Waals surface area contributed by atoms with E-state index in [9.17, 15) is 18.0 Å². The van der Waals surface area contributed by atoms with E-state index in [1.165, 1.54) is 15.3 Å². The van der Waals surface area contributed by atoms with Crippen molar-refractivity contribution in [3.8, 4) is 0 Å². The number of esters is 1. The second kappa shape index (κ2) is 10.4. The van der Waals surface area contributed by atoms with Gasteiger partial charge in [0.25, 0.3) is 5.91 Å². The number of aromatic nitrogens is 1. The molecular formula is C26H27N3O5S. The molecule has 0 atom stereocenters. The molecule has 0 radical (unpaired) electrons. The van der Waals surface area contributed by atoms with Gasteiger partial charge in [-0.25, -0.2) is 13.2 Å². The van der Waals surface area contributed by atoms with Crippen molar-refractivity contribution >= 4 is 38.9 Å². The molecule has 0 unspecified atom stereocenters. The number of hydrogen-bond acceptors (Lipinski definition) is 6. The maximum Gasteiger partial charge on any atom is 0.331 e. The lowest BCUT2D eigenvalue weighted by Crippen LogP contribution is -2.51. The number of piperazine rings is 1. The van der Waals surface area contributed by atoms with Crippen LogP contribution in [0.3, 0.4) is 0 Å². The second-order valence-corrected chi connectivity index (χ2v) is 10.3. The van der Waals surface area contributed by atoms with Gasteiger partial charge >= 0.3 is 5.97 Å². The molecule has 1 aliphatic heterocycles. The third kappa shape index (κ3) is 5.58. The minimum Gasteiger partial charge on any atom is -0.452 e. The number of pyridine rings is 1. The Bertz CT molecular complexity index is 1390. The third-order valence-corrected chi connectivity index (χ3v) is 8.00. The fourth-order valence-electron chi connectivity index (χ4n) is 3.89. The van der Waals surface area contributed by atoms with Gasteiger partial charge < -0.3 is 9.64 Å². The summed E-state index contributed by atoms with van der Waals surface area (Å²) in [7, 11) is -3.63. The minimum atomic E-state index is -3.63. The van der Waals surface area contributed by atoms with Crippen molar-refractivity contribution in [1.29, 1.82) is 0 Å². The van der Waals surface area contributed by atoms with E-state index in [2.05, 4.69) is 4.98 Å². The van der Waals surface area contributed by atoms with Crippen molar-refractivity contribution in [3.63, 3.8) is 0 Å². The van der Waals surface area contributed by atoms with Crippen LogP contribution < -0.4 is 0 Å². The predicted molar refractivity (Wildman–Crippen MR) is 133 cm³/mol. The number of ether oxygens (including phenoxy) is 1. The Kier molecular flexibility index (Phi) is 7.28. The zero-order chi connectivity index (χ0) is 25.0. The van der Waals surface area contributed by atoms with Crippen LogP contribution in [-0.2, 0) is 24.3 Å². The Hall–Kier alpha value is -3.56. The van der Waals surface area contributed by atoms with Crippen LogP contribution in [-0.4, -0.2) is 67.3 Å². The van der Waals surface area contributed by atoms with Crippen LogP contribution in [0.1, 0.15) is 16.7 Å². The number of sulfonamides is 1. The molecule has 1 saturated heterocycles. The molecule has 0 spiro atoms. The molecule has 1 aromatic heterocycles. The third-order valence-electron chi connectivity index (χ3n) is 6.11. The molecule has 4 rings (SSSR count). The van der Waals surface area contributed by atoms with Gasteiger partial charge in [-0.3, -0.25) is 9.78 Å². The number of fused-ring (bicyclic) bond motifs is 1. The van der Waals surface area contributed by atoms with Crippen molar-refractivity contribution in [2.45, 2.75) is 18.7 Å². The topological polar surface area (TPSA) is 96.9 Å². The molecule has 0 N–H and O–H groups in total. The lowest BCUT2D eigenvalue weighted by molar-refractivity contribution is -0.148. The smallest absolute Gasteiger partial charge is 0.331 e. The molecule has 1 fully saturated rings. The van der Waals surface area contributed by atoms with Gasteiger partial charge in [0.15, 0.2) is 6.61 Å². The van der Waals surface area contributed by atoms with E-state index < -0.39 is 22.6 Å². The summed E-state index contributed by atoms with van der Waals surface area (Å²) in [5.41, 5.74) is 3.47. The number of amides is 1. The fourth-order valence-corrected chi connectivity index (χ4v) is 5.40. The van der Waals surface area contributed by atoms with Gasteiger partial charge in [0.1, 0.15) is 0 Å². The van der Waals surface area contributed by atoms with E-state index in [0.717, 1.165) is 27.6 Å². The van der Waals surface area contributed by atoms with Gasteiger partial charge in [0.05, 0.1) is 10.4 Å². The standard InChI is InChI=1S/C26H27N3O5S/c1-19-8-10-23(17-20(19)2)35(32,33)29-15-13-28(14-16-29)24(30)18-34-25(31)11-9-22-6-3-5-21-7-4-12-27-26(21)22/h3-12,17H,13-16,18H2,1-2H3/b11-9+. The quantitative estimate of drug-likeness (QED) is 0.387. The van der Waals surface area contributed by atoms with Gasteiger partial charge in [0, 0.05) is 49.4 Å². The molecule has 2 heterocycles. The summed E-state index contributed by atoms with van der Waals surface area (Å²) in [5, 5.41) is 0.955. The zero-order valence-corrected chi connectivity index (χ0v) is 20.5. The summed E-state index contributed by atoms with van der Waals surface area (Å²) in [4.78, 5) is 30.7. The van der Waals surface area contributed by atoms with Crippen molar-refractivity contribution in [3.05, 3.63) is 77.5 Å². The molecule has 2 aromatic carbocycles. The zero-order valence-electron chi connectivity index (χ0n) is 19.7. The molecule has 8 nitrogen and oxygen atoms in total. The lowest BCUT2D eigenvalue weighted by atomic mass is 10.1. The van der Waals surface area contributed by atoms with Crippen LogP contribution in [0.5, 0.6) is 0 Å². The first-order valence-corrected chi connectivity index (χ1v) is 12.7. The fraction of sp³-hybridized carbons (Fsp3) is 0.269. The molecule has 35 heavy (non-hydrogen) atoms. The summed E-state index contributed by atoms with van der Waals surface area (Å²) >= 11 is 0. The summed E-state index contributed by atoms with van der Waals surface area (Å²) in [6.07, 6.45) is 4.56. The highest BCUT2D eigenvalue weighted by atomic mass is 32.2. The Morgan fingerprint density at radius 3 is 2.49 bits per heavy atom. The highest BCUT2D eigenvalue weighted by Crippen LogP contribution is 2.21. The van der Waals surface area contributed by atoms with E-state index in [1.807, 2.05) is 44.2 Å². The normalized spacial score (nSPS) is 15.0. The van der Waals surface area contributed by atoms with Gasteiger partial charge in [-0.2, -0.15) is 4.31 Å². The Balaban J connectivity index is 1.29. The Morgan fingerprint density at radius 1 is 1.00 bits per heavy atom. The second-order valence-electron chi connectivity index (χ2n) is 8.39. The Labute approximate surface area is 204 Å². The maximum absolute atomic E-state index is 13.0. The molecular weight excluding hydrogens is 466 g/mol. The summed E-state index contributed by atoms with van der Waals surface area (Å²) < 4.78 is 32.4. The Morgan fingerprint density at radius 2 is 1.74 bits per heavy atom. The van der Waals surface area contributed by atoms with Crippen LogP contribution in [0.2, 0.25) is 0 Å². The first kappa shape index (κ1) is 24.6. The first-order valence-electron chi connectivity index (χ1n) is 11.3. The van der Waals surface area contributed by atoms with Crippen LogP contribution in [0.25, 0.3) is 17.0 Å². The summed E-state index contributed by atoms with van der Waals surface area (Å²) in [6, 6.07) is 14.5. The van der Waals surface area contributed by atoms with Crippen LogP contribution in [0, 0.1) is 13.8 Å². The van der Waals surface area contributed by atoms with E-state index >= 15 is 0 Å². The van der Waals surface area contributed by atoms with Crippen molar-refractivity contribution in [1.82, 2.24) is 14.2 Å². The van der Waals surface area contributed by atoms with E-state index in [-0.39, 0.29) is 37.0 Å². The van der Waals surface area contributed by atoms with Crippen LogP contribution >= 0.6 is 0 Å². The molecule has 182 valence electrons. The number of carbonyl (C=O) groups excluding carboxylic acids is 2. The molecule has 0 bridgehead atoms. The number of carbonyl (C=O) groups is 2. The number of rotatable bonds is 6. The van der Waals surface area contributed by atoms with Gasteiger partial charge in [0.2, 0.25) is 10.0 Å². The van der Waals surface area contributed by atoms with Crippen molar-refractivity contribution in [2.75, 3.05) is 32.8 Å². The molecule has 3 aromatic rings. The number of nitrogens with zero attached hydrogens (tertiary/aromatic N) is 3. The molecule has 1 amide bonds. The number of aryl methyl sites for hydroxylation is 2. The highest BCUT2D eigenvalue weighted by molar-refractivity contribution is 7.89. The highest BCUT2D eigenvalue weighted by Gasteiger charge is 2.30. The average molecular weight is 494 g/mol. The van der Waals surface area contributed by atoms with Crippen LogP contribution in [0.15, 0.2) is 65.7 Å². The number of benzene rings is 2. The van der Waals surface area contributed by atoms with E-state index in [0.29, 0.717) is 0 Å². The average Bonchev–Trinajstić information content (AvgIpc) is 2.87. The minimum absolute atomic E-state index is 0.183. The lowest BCUT2D eigenvalue weighted by Gasteiger charge is -2.34. The van der Waals surface area contributed by atoms with Crippen LogP contribution in [0.4, 0.5) is 0 Å². The van der Waals surface area contributed by atoms with Gasteiger partial charge in [-0.15, -0.1) is 0 Å². The molecule has 9 heteroatoms. The molecule has 1 aliphatic rings. The molecule has 0 saturated carbocycles. The predicted octanol–water partition coefficient (Wildman–Crippen LogP) is 2.94. The summed E-state index contributed by atoms with van der Waals surface area (Å²) in [6.45, 7) is 4.24. The van der Waals surface area contributed by atoms with Crippen molar-refractivity contribution < 1.29 is 22.7 Å². The molecule has 0 aliphatic carbocycles. The monoisotopic (exact) mass is 493 g/mol. The van der Waals surface area contributed by atoms with Gasteiger partial charge in [-0.1, -0.05) is 30.3 Å². The number of para-hydroxylation sites is 1.